The molecule has 1 aliphatic heterocycles. The molecule has 8 heteroatoms. The first-order valence-electron chi connectivity index (χ1n) is 7.72. The zero-order chi connectivity index (χ0) is 17.7. The molecule has 7 nitrogen and oxygen atoms in total. The lowest BCUT2D eigenvalue weighted by molar-refractivity contribution is -0.149. The smallest absolute Gasteiger partial charge is 0.331 e. The van der Waals surface area contributed by atoms with Gasteiger partial charge in [-0.3, -0.25) is 9.59 Å². The number of hydrogen-bond acceptors (Lipinski definition) is 5. The number of amides is 2. The van der Waals surface area contributed by atoms with Crippen molar-refractivity contribution >= 4 is 29.1 Å². The van der Waals surface area contributed by atoms with Crippen LogP contribution in [0, 0.1) is 0 Å². The number of aliphatic carboxylic acids is 1. The van der Waals surface area contributed by atoms with Gasteiger partial charge in [0.25, 0.3) is 0 Å². The maximum Gasteiger partial charge on any atom is 0.331 e. The predicted molar refractivity (Wildman–Crippen MR) is 88.7 cm³/mol. The number of nitrogens with one attached hydrogen (secondary N) is 1. The van der Waals surface area contributed by atoms with Crippen LogP contribution in [0.5, 0.6) is 0 Å². The van der Waals surface area contributed by atoms with Crippen LogP contribution in [-0.2, 0) is 32.1 Å². The zero-order valence-electron chi connectivity index (χ0n) is 13.8. The molecule has 2 amide bonds. The Balaban J connectivity index is 1.83. The SMILES string of the molecule is COCC(C)(NC(=O)CCC(=O)N1CCc2sccc2C1)C(=O)O. The third-order valence-electron chi connectivity index (χ3n) is 4.05. The molecule has 0 aromatic carbocycles. The number of rotatable bonds is 7. The molecule has 24 heavy (non-hydrogen) atoms. The standard InChI is InChI=1S/C16H22N2O5S/c1-16(10-23-2,15(21)22)17-13(19)3-4-14(20)18-7-5-12-11(9-18)6-8-24-12/h6,8H,3-5,7,9-10H2,1-2H3,(H,17,19)(H,21,22). The molecule has 0 spiro atoms. The molecule has 2 rings (SSSR count). The van der Waals surface area contributed by atoms with Crippen molar-refractivity contribution in [3.05, 3.63) is 21.9 Å². The van der Waals surface area contributed by atoms with Crippen LogP contribution in [0.4, 0.5) is 0 Å². The van der Waals surface area contributed by atoms with Gasteiger partial charge in [-0.05, 0) is 30.4 Å². The highest BCUT2D eigenvalue weighted by Crippen LogP contribution is 2.24. The molecule has 1 aromatic rings. The molecule has 1 atom stereocenters. The first kappa shape index (κ1) is 18.4. The average molecular weight is 354 g/mol. The Hall–Kier alpha value is -1.93. The molecule has 2 N–H and O–H groups in total. The van der Waals surface area contributed by atoms with Crippen molar-refractivity contribution in [2.75, 3.05) is 20.3 Å². The summed E-state index contributed by atoms with van der Waals surface area (Å²) in [6, 6.07) is 2.02. The number of carbonyl (C=O) groups excluding carboxylic acids is 2. The molecule has 1 aromatic heterocycles. The second kappa shape index (κ2) is 7.76. The van der Waals surface area contributed by atoms with Gasteiger partial charge in [-0.1, -0.05) is 0 Å². The minimum absolute atomic E-state index is 0.0432. The van der Waals surface area contributed by atoms with Gasteiger partial charge in [-0.2, -0.15) is 0 Å². The van der Waals surface area contributed by atoms with E-state index in [1.165, 1.54) is 24.5 Å². The lowest BCUT2D eigenvalue weighted by Crippen LogP contribution is -2.55. The van der Waals surface area contributed by atoms with Crippen LogP contribution in [0.1, 0.15) is 30.2 Å². The first-order valence-corrected chi connectivity index (χ1v) is 8.60. The molecule has 0 saturated heterocycles. The Morgan fingerprint density at radius 2 is 2.17 bits per heavy atom. The fraction of sp³-hybridized carbons (Fsp3) is 0.562. The first-order chi connectivity index (χ1) is 11.4. The van der Waals surface area contributed by atoms with Gasteiger partial charge in [0.05, 0.1) is 6.61 Å². The molecule has 1 aliphatic rings. The van der Waals surface area contributed by atoms with E-state index in [4.69, 9.17) is 4.74 Å². The van der Waals surface area contributed by atoms with Crippen molar-refractivity contribution < 1.29 is 24.2 Å². The Morgan fingerprint density at radius 3 is 2.83 bits per heavy atom. The summed E-state index contributed by atoms with van der Waals surface area (Å²) in [5.41, 5.74) is -0.325. The van der Waals surface area contributed by atoms with Crippen LogP contribution < -0.4 is 5.32 Å². The second-order valence-corrected chi connectivity index (χ2v) is 7.05. The highest BCUT2D eigenvalue weighted by atomic mass is 32.1. The fourth-order valence-electron chi connectivity index (χ4n) is 2.65. The van der Waals surface area contributed by atoms with Gasteiger partial charge in [0.2, 0.25) is 11.8 Å². The maximum absolute atomic E-state index is 12.3. The molecule has 0 radical (unpaired) electrons. The highest BCUT2D eigenvalue weighted by Gasteiger charge is 2.35. The summed E-state index contributed by atoms with van der Waals surface area (Å²) in [5.74, 6) is -1.74. The van der Waals surface area contributed by atoms with Gasteiger partial charge in [-0.25, -0.2) is 4.79 Å². The monoisotopic (exact) mass is 354 g/mol. The predicted octanol–water partition coefficient (Wildman–Crippen LogP) is 1.02. The summed E-state index contributed by atoms with van der Waals surface area (Å²) >= 11 is 1.70. The largest absolute Gasteiger partial charge is 0.479 e. The molecular weight excluding hydrogens is 332 g/mol. The van der Waals surface area contributed by atoms with Gasteiger partial charge in [0, 0.05) is 37.9 Å². The Bertz CT molecular complexity index is 630. The molecule has 0 bridgehead atoms. The average Bonchev–Trinajstić information content (AvgIpc) is 3.00. The topological polar surface area (TPSA) is 95.9 Å². The Morgan fingerprint density at radius 1 is 1.42 bits per heavy atom. The van der Waals surface area contributed by atoms with Crippen LogP contribution in [0.15, 0.2) is 11.4 Å². The van der Waals surface area contributed by atoms with Crippen LogP contribution in [0.2, 0.25) is 0 Å². The molecule has 2 heterocycles. The summed E-state index contributed by atoms with van der Waals surface area (Å²) in [4.78, 5) is 38.6. The van der Waals surface area contributed by atoms with E-state index in [0.717, 1.165) is 6.42 Å². The zero-order valence-corrected chi connectivity index (χ0v) is 14.6. The van der Waals surface area contributed by atoms with E-state index in [9.17, 15) is 19.5 Å². The third kappa shape index (κ3) is 4.33. The number of ether oxygens (including phenoxy) is 1. The normalized spacial score (nSPS) is 16.2. The van der Waals surface area contributed by atoms with Gasteiger partial charge in [0.15, 0.2) is 5.54 Å². The van der Waals surface area contributed by atoms with E-state index in [1.807, 2.05) is 11.4 Å². The summed E-state index contributed by atoms with van der Waals surface area (Å²) < 4.78 is 4.85. The number of thiophene rings is 1. The number of hydrogen-bond donors (Lipinski definition) is 2. The van der Waals surface area contributed by atoms with E-state index >= 15 is 0 Å². The molecule has 1 unspecified atom stereocenters. The van der Waals surface area contributed by atoms with Gasteiger partial charge in [0.1, 0.15) is 0 Å². The molecule has 0 aliphatic carbocycles. The number of carbonyl (C=O) groups is 3. The third-order valence-corrected chi connectivity index (χ3v) is 5.07. The quantitative estimate of drug-likeness (QED) is 0.762. The minimum Gasteiger partial charge on any atom is -0.479 e. The van der Waals surface area contributed by atoms with Gasteiger partial charge < -0.3 is 20.1 Å². The van der Waals surface area contributed by atoms with E-state index in [-0.39, 0.29) is 25.4 Å². The summed E-state index contributed by atoms with van der Waals surface area (Å²) in [7, 11) is 1.37. The van der Waals surface area contributed by atoms with Crippen LogP contribution in [0.25, 0.3) is 0 Å². The van der Waals surface area contributed by atoms with Gasteiger partial charge in [-0.15, -0.1) is 11.3 Å². The Labute approximate surface area is 144 Å². The number of methoxy groups -OCH3 is 1. The number of carboxylic acids is 1. The summed E-state index contributed by atoms with van der Waals surface area (Å²) in [6.07, 6.45) is 0.863. The Kier molecular flexibility index (Phi) is 5.95. The molecular formula is C16H22N2O5S. The lowest BCUT2D eigenvalue weighted by atomic mass is 10.0. The van der Waals surface area contributed by atoms with Crippen molar-refractivity contribution in [1.82, 2.24) is 10.2 Å². The van der Waals surface area contributed by atoms with Crippen molar-refractivity contribution in [3.8, 4) is 0 Å². The fourth-order valence-corrected chi connectivity index (χ4v) is 3.54. The van der Waals surface area contributed by atoms with Crippen LogP contribution in [-0.4, -0.2) is 53.6 Å². The second-order valence-electron chi connectivity index (χ2n) is 6.05. The van der Waals surface area contributed by atoms with Crippen molar-refractivity contribution in [3.63, 3.8) is 0 Å². The van der Waals surface area contributed by atoms with Crippen molar-refractivity contribution in [2.24, 2.45) is 0 Å². The summed E-state index contributed by atoms with van der Waals surface area (Å²) in [6.45, 7) is 2.47. The van der Waals surface area contributed by atoms with Crippen molar-refractivity contribution in [1.29, 1.82) is 0 Å². The molecule has 0 fully saturated rings. The van der Waals surface area contributed by atoms with Crippen LogP contribution in [0.3, 0.4) is 0 Å². The number of carboxylic acid groups (broad SMARTS) is 1. The van der Waals surface area contributed by atoms with Gasteiger partial charge >= 0.3 is 5.97 Å². The molecule has 132 valence electrons. The highest BCUT2D eigenvalue weighted by molar-refractivity contribution is 7.10. The van der Waals surface area contributed by atoms with Crippen LogP contribution >= 0.6 is 11.3 Å². The number of nitrogens with zero attached hydrogens (tertiary/aromatic N) is 1. The number of fused-ring (bicyclic) bond motifs is 1. The van der Waals surface area contributed by atoms with E-state index < -0.39 is 17.4 Å². The van der Waals surface area contributed by atoms with E-state index in [1.54, 1.807) is 16.2 Å². The van der Waals surface area contributed by atoms with E-state index in [2.05, 4.69) is 5.32 Å². The lowest BCUT2D eigenvalue weighted by Gasteiger charge is -2.28. The maximum atomic E-state index is 12.3. The minimum atomic E-state index is -1.49. The molecule has 0 saturated carbocycles. The van der Waals surface area contributed by atoms with E-state index in [0.29, 0.717) is 13.1 Å². The summed E-state index contributed by atoms with van der Waals surface area (Å²) in [5, 5.41) is 13.7. The van der Waals surface area contributed by atoms with Crippen molar-refractivity contribution in [2.45, 2.75) is 38.3 Å².